The third kappa shape index (κ3) is 4.90. The second-order valence-corrected chi connectivity index (χ2v) is 4.79. The molecular formula is C17H24O2. The van der Waals surface area contributed by atoms with Crippen LogP contribution in [0.3, 0.4) is 0 Å². The topological polar surface area (TPSA) is 37.3 Å². The van der Waals surface area contributed by atoms with Crippen LogP contribution in [0.15, 0.2) is 35.9 Å². The first-order chi connectivity index (χ1) is 9.20. The summed E-state index contributed by atoms with van der Waals surface area (Å²) in [5, 5.41) is 9.43. The molecule has 0 heterocycles. The fraction of sp³-hybridized carbons (Fsp3) is 0.471. The van der Waals surface area contributed by atoms with Crippen LogP contribution in [0.5, 0.6) is 0 Å². The summed E-state index contributed by atoms with van der Waals surface area (Å²) in [7, 11) is 0. The van der Waals surface area contributed by atoms with Crippen molar-refractivity contribution in [2.45, 2.75) is 52.4 Å². The summed E-state index contributed by atoms with van der Waals surface area (Å²) >= 11 is 0. The highest BCUT2D eigenvalue weighted by molar-refractivity contribution is 5.96. The van der Waals surface area contributed by atoms with Crippen molar-refractivity contribution in [3.63, 3.8) is 0 Å². The molecule has 0 saturated carbocycles. The lowest BCUT2D eigenvalue weighted by Gasteiger charge is -2.11. The normalized spacial score (nSPS) is 12.1. The number of hydrogen-bond donors (Lipinski definition) is 1. The van der Waals surface area contributed by atoms with Gasteiger partial charge in [0.25, 0.3) is 0 Å². The van der Waals surface area contributed by atoms with Gasteiger partial charge in [-0.25, -0.2) is 4.79 Å². The van der Waals surface area contributed by atoms with Crippen molar-refractivity contribution in [3.8, 4) is 0 Å². The molecule has 2 nitrogen and oxygen atoms in total. The molecule has 0 aliphatic rings. The van der Waals surface area contributed by atoms with Gasteiger partial charge in [0, 0.05) is 5.57 Å². The Labute approximate surface area is 116 Å². The lowest BCUT2D eigenvalue weighted by Crippen LogP contribution is -2.04. The Morgan fingerprint density at radius 2 is 1.74 bits per heavy atom. The molecule has 1 aromatic rings. The van der Waals surface area contributed by atoms with Crippen LogP contribution in [0.1, 0.15) is 57.9 Å². The van der Waals surface area contributed by atoms with E-state index < -0.39 is 5.97 Å². The van der Waals surface area contributed by atoms with E-state index in [2.05, 4.69) is 6.92 Å². The third-order valence-electron chi connectivity index (χ3n) is 3.38. The minimum absolute atomic E-state index is 0.588. The Bertz CT molecular complexity index is 418. The fourth-order valence-corrected chi connectivity index (χ4v) is 2.35. The number of carbonyl (C=O) groups is 1. The zero-order valence-electron chi connectivity index (χ0n) is 12.0. The Morgan fingerprint density at radius 3 is 2.26 bits per heavy atom. The molecule has 0 aliphatic carbocycles. The van der Waals surface area contributed by atoms with Crippen LogP contribution in [0.2, 0.25) is 0 Å². The van der Waals surface area contributed by atoms with Gasteiger partial charge in [0.15, 0.2) is 0 Å². The second-order valence-electron chi connectivity index (χ2n) is 4.79. The number of hydrogen-bond acceptors (Lipinski definition) is 1. The minimum atomic E-state index is -0.766. The van der Waals surface area contributed by atoms with Gasteiger partial charge in [-0.1, -0.05) is 63.4 Å². The van der Waals surface area contributed by atoms with E-state index in [9.17, 15) is 9.90 Å². The molecule has 0 aromatic heterocycles. The summed E-state index contributed by atoms with van der Waals surface area (Å²) < 4.78 is 0. The molecule has 0 aliphatic heterocycles. The standard InChI is InChI=1S/C17H24O2/c1-3-5-6-10-13-16(17(18)19)15(4-2)14-11-8-7-9-12-14/h7-9,11-12H,3-6,10,13H2,1-2H3,(H,18,19). The highest BCUT2D eigenvalue weighted by Crippen LogP contribution is 2.25. The average molecular weight is 260 g/mol. The molecule has 0 unspecified atom stereocenters. The Kier molecular flexibility index (Phi) is 6.94. The van der Waals surface area contributed by atoms with E-state index >= 15 is 0 Å². The molecular weight excluding hydrogens is 236 g/mol. The average Bonchev–Trinajstić information content (AvgIpc) is 2.43. The minimum Gasteiger partial charge on any atom is -0.478 e. The van der Waals surface area contributed by atoms with Gasteiger partial charge < -0.3 is 5.11 Å². The number of allylic oxidation sites excluding steroid dienone is 1. The van der Waals surface area contributed by atoms with Gasteiger partial charge in [0.2, 0.25) is 0 Å². The zero-order valence-corrected chi connectivity index (χ0v) is 12.0. The predicted molar refractivity (Wildman–Crippen MR) is 80.0 cm³/mol. The maximum Gasteiger partial charge on any atom is 0.331 e. The van der Waals surface area contributed by atoms with Gasteiger partial charge in [-0.2, -0.15) is 0 Å². The SMILES string of the molecule is CCCCCCC(C(=O)O)=C(CC)c1ccccc1. The fourth-order valence-electron chi connectivity index (χ4n) is 2.35. The molecule has 2 heteroatoms. The van der Waals surface area contributed by atoms with Gasteiger partial charge in [0.1, 0.15) is 0 Å². The summed E-state index contributed by atoms with van der Waals surface area (Å²) in [4.78, 5) is 11.5. The first kappa shape index (κ1) is 15.5. The summed E-state index contributed by atoms with van der Waals surface area (Å²) in [6, 6.07) is 9.86. The predicted octanol–water partition coefficient (Wildman–Crippen LogP) is 4.91. The maximum absolute atomic E-state index is 11.5. The molecule has 19 heavy (non-hydrogen) atoms. The summed E-state index contributed by atoms with van der Waals surface area (Å²) in [5.41, 5.74) is 2.60. The van der Waals surface area contributed by atoms with Crippen molar-refractivity contribution in [2.75, 3.05) is 0 Å². The quantitative estimate of drug-likeness (QED) is 0.533. The summed E-state index contributed by atoms with van der Waals surface area (Å²) in [5.74, 6) is -0.766. The molecule has 1 aromatic carbocycles. The largest absolute Gasteiger partial charge is 0.478 e. The smallest absolute Gasteiger partial charge is 0.331 e. The number of unbranched alkanes of at least 4 members (excludes halogenated alkanes) is 3. The number of benzene rings is 1. The molecule has 0 atom stereocenters. The summed E-state index contributed by atoms with van der Waals surface area (Å²) in [6.45, 7) is 4.19. The number of carboxylic acid groups (broad SMARTS) is 1. The first-order valence-electron chi connectivity index (χ1n) is 7.21. The van der Waals surface area contributed by atoms with E-state index in [1.165, 1.54) is 12.8 Å². The highest BCUT2D eigenvalue weighted by atomic mass is 16.4. The molecule has 0 amide bonds. The van der Waals surface area contributed by atoms with E-state index in [1.54, 1.807) is 0 Å². The second kappa shape index (κ2) is 8.52. The number of rotatable bonds is 8. The van der Waals surface area contributed by atoms with Gasteiger partial charge in [-0.15, -0.1) is 0 Å². The van der Waals surface area contributed by atoms with Crippen LogP contribution < -0.4 is 0 Å². The lowest BCUT2D eigenvalue weighted by molar-refractivity contribution is -0.132. The summed E-state index contributed by atoms with van der Waals surface area (Å²) in [6.07, 6.45) is 5.86. The molecule has 0 radical (unpaired) electrons. The van der Waals surface area contributed by atoms with Crippen molar-refractivity contribution in [3.05, 3.63) is 41.5 Å². The third-order valence-corrected chi connectivity index (χ3v) is 3.38. The Balaban J connectivity index is 2.91. The Hall–Kier alpha value is -1.57. The van der Waals surface area contributed by atoms with Gasteiger partial charge in [0.05, 0.1) is 0 Å². The van der Waals surface area contributed by atoms with E-state index in [0.717, 1.165) is 30.4 Å². The van der Waals surface area contributed by atoms with E-state index in [4.69, 9.17) is 0 Å². The van der Waals surface area contributed by atoms with Crippen molar-refractivity contribution in [1.82, 2.24) is 0 Å². The van der Waals surface area contributed by atoms with Crippen LogP contribution in [-0.4, -0.2) is 11.1 Å². The van der Waals surface area contributed by atoms with Crippen LogP contribution in [0.25, 0.3) is 5.57 Å². The zero-order chi connectivity index (χ0) is 14.1. The molecule has 1 N–H and O–H groups in total. The van der Waals surface area contributed by atoms with Crippen molar-refractivity contribution < 1.29 is 9.90 Å². The van der Waals surface area contributed by atoms with Crippen LogP contribution in [0, 0.1) is 0 Å². The van der Waals surface area contributed by atoms with Gasteiger partial charge in [-0.05, 0) is 30.4 Å². The highest BCUT2D eigenvalue weighted by Gasteiger charge is 2.14. The molecule has 0 fully saturated rings. The van der Waals surface area contributed by atoms with Crippen molar-refractivity contribution in [2.24, 2.45) is 0 Å². The van der Waals surface area contributed by atoms with Crippen molar-refractivity contribution >= 4 is 11.5 Å². The number of carboxylic acids is 1. The first-order valence-corrected chi connectivity index (χ1v) is 7.21. The molecule has 0 saturated heterocycles. The number of aliphatic carboxylic acids is 1. The van der Waals surface area contributed by atoms with Crippen LogP contribution in [0.4, 0.5) is 0 Å². The molecule has 104 valence electrons. The van der Waals surface area contributed by atoms with E-state index in [-0.39, 0.29) is 0 Å². The van der Waals surface area contributed by atoms with Crippen molar-refractivity contribution in [1.29, 1.82) is 0 Å². The molecule has 1 rings (SSSR count). The Morgan fingerprint density at radius 1 is 1.05 bits per heavy atom. The van der Waals surface area contributed by atoms with Crippen LogP contribution in [-0.2, 0) is 4.79 Å². The molecule has 0 bridgehead atoms. The van der Waals surface area contributed by atoms with Gasteiger partial charge >= 0.3 is 5.97 Å². The maximum atomic E-state index is 11.5. The monoisotopic (exact) mass is 260 g/mol. The van der Waals surface area contributed by atoms with E-state index in [1.807, 2.05) is 37.3 Å². The van der Waals surface area contributed by atoms with Gasteiger partial charge in [-0.3, -0.25) is 0 Å². The molecule has 0 spiro atoms. The van der Waals surface area contributed by atoms with Crippen LogP contribution >= 0.6 is 0 Å². The lowest BCUT2D eigenvalue weighted by atomic mass is 9.94. The van der Waals surface area contributed by atoms with E-state index in [0.29, 0.717) is 12.0 Å².